The summed E-state index contributed by atoms with van der Waals surface area (Å²) in [6.45, 7) is 4.27. The molecular formula is C22H20ClNO2. The lowest BCUT2D eigenvalue weighted by atomic mass is 10.1. The number of para-hydroxylation sites is 1. The van der Waals surface area contributed by atoms with E-state index in [4.69, 9.17) is 16.3 Å². The smallest absolute Gasteiger partial charge is 0.256 e. The Labute approximate surface area is 158 Å². The summed E-state index contributed by atoms with van der Waals surface area (Å²) in [7, 11) is 0. The van der Waals surface area contributed by atoms with Crippen LogP contribution in [0.1, 0.15) is 27.0 Å². The Morgan fingerprint density at radius 1 is 0.962 bits per heavy atom. The number of rotatable bonds is 5. The fraction of sp³-hybridized carbons (Fsp3) is 0.136. The van der Waals surface area contributed by atoms with Crippen LogP contribution in [0.25, 0.3) is 0 Å². The van der Waals surface area contributed by atoms with E-state index in [1.54, 1.807) is 6.07 Å². The zero-order chi connectivity index (χ0) is 18.5. The minimum atomic E-state index is -0.148. The van der Waals surface area contributed by atoms with Crippen molar-refractivity contribution in [2.45, 2.75) is 20.5 Å². The molecule has 0 unspecified atom stereocenters. The molecule has 0 aliphatic heterocycles. The number of benzene rings is 3. The van der Waals surface area contributed by atoms with Crippen molar-refractivity contribution in [3.05, 3.63) is 94.0 Å². The van der Waals surface area contributed by atoms with Crippen molar-refractivity contribution in [3.8, 4) is 5.75 Å². The number of hydrogen-bond donors (Lipinski definition) is 1. The first kappa shape index (κ1) is 18.0. The molecule has 0 spiro atoms. The summed E-state index contributed by atoms with van der Waals surface area (Å²) in [5.41, 5.74) is 4.29. The lowest BCUT2D eigenvalue weighted by Gasteiger charge is -2.12. The third-order valence-corrected chi connectivity index (χ3v) is 4.38. The van der Waals surface area contributed by atoms with Gasteiger partial charge in [0.15, 0.2) is 0 Å². The second kappa shape index (κ2) is 8.07. The van der Waals surface area contributed by atoms with E-state index in [9.17, 15) is 4.79 Å². The van der Waals surface area contributed by atoms with Crippen LogP contribution in [0.2, 0.25) is 5.02 Å². The molecule has 1 N–H and O–H groups in total. The largest absolute Gasteiger partial charge is 0.489 e. The van der Waals surface area contributed by atoms with Gasteiger partial charge in [0.25, 0.3) is 5.91 Å². The number of anilines is 1. The minimum Gasteiger partial charge on any atom is -0.489 e. The lowest BCUT2D eigenvalue weighted by Crippen LogP contribution is -2.14. The van der Waals surface area contributed by atoms with Crippen molar-refractivity contribution >= 4 is 23.2 Å². The van der Waals surface area contributed by atoms with Gasteiger partial charge in [0.2, 0.25) is 0 Å². The van der Waals surface area contributed by atoms with Gasteiger partial charge < -0.3 is 10.1 Å². The van der Waals surface area contributed by atoms with E-state index in [2.05, 4.69) is 5.32 Å². The molecule has 3 aromatic rings. The highest BCUT2D eigenvalue weighted by Gasteiger charge is 2.12. The maximum absolute atomic E-state index is 12.7. The molecule has 132 valence electrons. The molecule has 0 atom stereocenters. The van der Waals surface area contributed by atoms with Crippen LogP contribution < -0.4 is 10.1 Å². The van der Waals surface area contributed by atoms with Crippen LogP contribution in [0.5, 0.6) is 5.75 Å². The Balaban J connectivity index is 1.74. The van der Waals surface area contributed by atoms with Gasteiger partial charge in [-0.2, -0.15) is 0 Å². The number of halogens is 1. The number of amides is 1. The summed E-state index contributed by atoms with van der Waals surface area (Å²) in [4.78, 5) is 12.7. The Bertz CT molecular complexity index is 937. The van der Waals surface area contributed by atoms with Gasteiger partial charge in [-0.25, -0.2) is 0 Å². The van der Waals surface area contributed by atoms with Crippen molar-refractivity contribution < 1.29 is 9.53 Å². The molecule has 3 aromatic carbocycles. The van der Waals surface area contributed by atoms with Crippen molar-refractivity contribution in [2.75, 3.05) is 5.32 Å². The molecule has 0 saturated carbocycles. The molecule has 3 rings (SSSR count). The Morgan fingerprint density at radius 2 is 1.77 bits per heavy atom. The maximum Gasteiger partial charge on any atom is 0.256 e. The van der Waals surface area contributed by atoms with Crippen LogP contribution >= 0.6 is 11.6 Å². The number of ether oxygens (including phenoxy) is 1. The van der Waals surface area contributed by atoms with E-state index in [0.717, 1.165) is 22.4 Å². The molecule has 1 amide bonds. The van der Waals surface area contributed by atoms with E-state index in [1.807, 2.05) is 74.5 Å². The first-order valence-electron chi connectivity index (χ1n) is 8.38. The van der Waals surface area contributed by atoms with Crippen LogP contribution in [0.15, 0.2) is 66.7 Å². The molecule has 0 aliphatic rings. The monoisotopic (exact) mass is 365 g/mol. The minimum absolute atomic E-state index is 0.148. The Hall–Kier alpha value is -2.78. The van der Waals surface area contributed by atoms with E-state index in [0.29, 0.717) is 22.9 Å². The molecule has 0 fully saturated rings. The molecule has 26 heavy (non-hydrogen) atoms. The number of nitrogens with one attached hydrogen (secondary N) is 1. The fourth-order valence-corrected chi connectivity index (χ4v) is 2.84. The highest BCUT2D eigenvalue weighted by molar-refractivity contribution is 6.30. The summed E-state index contributed by atoms with van der Waals surface area (Å²) in [5.74, 6) is 0.496. The first-order valence-corrected chi connectivity index (χ1v) is 8.75. The third kappa shape index (κ3) is 4.44. The van der Waals surface area contributed by atoms with Crippen LogP contribution in [0.4, 0.5) is 5.69 Å². The highest BCUT2D eigenvalue weighted by atomic mass is 35.5. The van der Waals surface area contributed by atoms with Crippen molar-refractivity contribution in [2.24, 2.45) is 0 Å². The standard InChI is InChI=1S/C22H20ClNO2/c1-15-10-11-19(26-14-17-7-5-8-18(23)12-17)13-20(15)22(25)24-21-9-4-3-6-16(21)2/h3-13H,14H2,1-2H3,(H,24,25). The summed E-state index contributed by atoms with van der Waals surface area (Å²) >= 11 is 6.00. The van der Waals surface area contributed by atoms with Gasteiger partial charge in [-0.15, -0.1) is 0 Å². The average molecular weight is 366 g/mol. The quantitative estimate of drug-likeness (QED) is 0.621. The molecule has 0 radical (unpaired) electrons. The molecule has 4 heteroatoms. The third-order valence-electron chi connectivity index (χ3n) is 4.14. The van der Waals surface area contributed by atoms with Gasteiger partial charge in [-0.05, 0) is 60.9 Å². The van der Waals surface area contributed by atoms with Crippen molar-refractivity contribution in [1.29, 1.82) is 0 Å². The first-order chi connectivity index (χ1) is 12.5. The van der Waals surface area contributed by atoms with Crippen molar-refractivity contribution in [3.63, 3.8) is 0 Å². The molecule has 0 aliphatic carbocycles. The summed E-state index contributed by atoms with van der Waals surface area (Å²) in [6, 6.07) is 20.8. The molecule has 0 saturated heterocycles. The average Bonchev–Trinajstić information content (AvgIpc) is 2.63. The highest BCUT2D eigenvalue weighted by Crippen LogP contribution is 2.22. The summed E-state index contributed by atoms with van der Waals surface area (Å²) in [5, 5.41) is 3.64. The molecule has 0 aromatic heterocycles. The van der Waals surface area contributed by atoms with Crippen LogP contribution in [0.3, 0.4) is 0 Å². The maximum atomic E-state index is 12.7. The van der Waals surface area contributed by atoms with E-state index >= 15 is 0 Å². The number of carbonyl (C=O) groups excluding carboxylic acids is 1. The van der Waals surface area contributed by atoms with Crippen LogP contribution in [-0.4, -0.2) is 5.91 Å². The predicted molar refractivity (Wildman–Crippen MR) is 106 cm³/mol. The van der Waals surface area contributed by atoms with Gasteiger partial charge in [0, 0.05) is 16.3 Å². The van der Waals surface area contributed by atoms with Crippen molar-refractivity contribution in [1.82, 2.24) is 0 Å². The van der Waals surface area contributed by atoms with Gasteiger partial charge >= 0.3 is 0 Å². The number of aryl methyl sites for hydroxylation is 2. The molecular weight excluding hydrogens is 346 g/mol. The molecule has 0 bridgehead atoms. The van der Waals surface area contributed by atoms with E-state index in [1.165, 1.54) is 0 Å². The van der Waals surface area contributed by atoms with Gasteiger partial charge in [-0.3, -0.25) is 4.79 Å². The zero-order valence-electron chi connectivity index (χ0n) is 14.8. The van der Waals surface area contributed by atoms with E-state index in [-0.39, 0.29) is 5.91 Å². The SMILES string of the molecule is Cc1ccccc1NC(=O)c1cc(OCc2cccc(Cl)c2)ccc1C. The second-order valence-corrected chi connectivity index (χ2v) is 6.60. The lowest BCUT2D eigenvalue weighted by molar-refractivity contribution is 0.102. The summed E-state index contributed by atoms with van der Waals surface area (Å²) < 4.78 is 5.83. The Morgan fingerprint density at radius 3 is 2.54 bits per heavy atom. The zero-order valence-corrected chi connectivity index (χ0v) is 15.5. The second-order valence-electron chi connectivity index (χ2n) is 6.16. The number of carbonyl (C=O) groups is 1. The van der Waals surface area contributed by atoms with Crippen LogP contribution in [-0.2, 0) is 6.61 Å². The molecule has 3 nitrogen and oxygen atoms in total. The fourth-order valence-electron chi connectivity index (χ4n) is 2.63. The molecule has 0 heterocycles. The van der Waals surface area contributed by atoms with Gasteiger partial charge in [-0.1, -0.05) is 48.0 Å². The normalized spacial score (nSPS) is 10.4. The summed E-state index contributed by atoms with van der Waals surface area (Å²) in [6.07, 6.45) is 0. The van der Waals surface area contributed by atoms with E-state index < -0.39 is 0 Å². The topological polar surface area (TPSA) is 38.3 Å². The Kier molecular flexibility index (Phi) is 5.59. The number of hydrogen-bond acceptors (Lipinski definition) is 2. The van der Waals surface area contributed by atoms with Gasteiger partial charge in [0.1, 0.15) is 12.4 Å². The predicted octanol–water partition coefficient (Wildman–Crippen LogP) is 5.79. The van der Waals surface area contributed by atoms with Gasteiger partial charge in [0.05, 0.1) is 0 Å². The van der Waals surface area contributed by atoms with Crippen LogP contribution in [0, 0.1) is 13.8 Å².